The Morgan fingerprint density at radius 1 is 1.00 bits per heavy atom. The van der Waals surface area contributed by atoms with Gasteiger partial charge in [0, 0.05) is 5.56 Å². The first kappa shape index (κ1) is 20.9. The topological polar surface area (TPSA) is 72.9 Å². The number of carbonyl (C=O) groups excluding carboxylic acids is 3. The van der Waals surface area contributed by atoms with Crippen LogP contribution in [0.25, 0.3) is 0 Å². The summed E-state index contributed by atoms with van der Waals surface area (Å²) in [6, 6.07) is 1.03. The number of nitrogens with zero attached hydrogens (tertiary/aromatic N) is 1. The molecule has 1 aromatic rings. The van der Waals surface area contributed by atoms with Crippen molar-refractivity contribution >= 4 is 24.2 Å². The van der Waals surface area contributed by atoms with Crippen molar-refractivity contribution < 1.29 is 28.2 Å². The molecule has 0 N–H and O–H groups in total. The van der Waals surface area contributed by atoms with E-state index in [1.165, 1.54) is 0 Å². The lowest BCUT2D eigenvalue weighted by molar-refractivity contribution is 0.0430. The predicted molar refractivity (Wildman–Crippen MR) is 98.8 cm³/mol. The zero-order chi connectivity index (χ0) is 20.6. The lowest BCUT2D eigenvalue weighted by Crippen LogP contribution is -2.44. The number of fused-ring (bicyclic) bond motifs is 1. The molecule has 1 aliphatic carbocycles. The minimum Gasteiger partial charge on any atom is -0.443 e. The maximum Gasteiger partial charge on any atom is 0.424 e. The Morgan fingerprint density at radius 3 is 1.93 bits per heavy atom. The Kier molecular flexibility index (Phi) is 5.63. The number of imide groups is 1. The van der Waals surface area contributed by atoms with Gasteiger partial charge in [-0.15, -0.1) is 0 Å². The lowest BCUT2D eigenvalue weighted by Gasteiger charge is -2.29. The Bertz CT molecular complexity index is 746. The van der Waals surface area contributed by atoms with E-state index in [0.717, 1.165) is 6.07 Å². The largest absolute Gasteiger partial charge is 0.443 e. The van der Waals surface area contributed by atoms with Crippen LogP contribution in [0.3, 0.4) is 0 Å². The number of hydrogen-bond donors (Lipinski definition) is 0. The molecule has 0 saturated carbocycles. The zero-order valence-corrected chi connectivity index (χ0v) is 16.6. The SMILES string of the molecule is CC(C)(C)OC(=O)N(C(=O)OC(C)(C)C)c1cc(F)c2c(c1C=O)CCC2. The van der Waals surface area contributed by atoms with Crippen molar-refractivity contribution in [3.05, 3.63) is 28.6 Å². The molecular weight excluding hydrogens is 353 g/mol. The number of benzene rings is 1. The van der Waals surface area contributed by atoms with E-state index in [2.05, 4.69) is 0 Å². The number of hydrogen-bond acceptors (Lipinski definition) is 5. The highest BCUT2D eigenvalue weighted by Crippen LogP contribution is 2.35. The second-order valence-corrected chi connectivity index (χ2v) is 8.52. The van der Waals surface area contributed by atoms with Crippen molar-refractivity contribution in [2.45, 2.75) is 72.0 Å². The standard InChI is InChI=1S/C20H26FNO5/c1-19(2,3)26-17(24)22(18(25)27-20(4,5)6)16-10-15(21)13-9-7-8-12(13)14(16)11-23/h10-11H,7-9H2,1-6H3. The smallest absolute Gasteiger partial charge is 0.424 e. The van der Waals surface area contributed by atoms with E-state index in [-0.39, 0.29) is 11.3 Å². The molecule has 1 aliphatic rings. The van der Waals surface area contributed by atoms with Crippen LogP contribution in [0.15, 0.2) is 6.07 Å². The third-order valence-electron chi connectivity index (χ3n) is 3.88. The molecule has 2 rings (SSSR count). The summed E-state index contributed by atoms with van der Waals surface area (Å²) in [5, 5.41) is 0. The van der Waals surface area contributed by atoms with Gasteiger partial charge in [0.25, 0.3) is 0 Å². The maximum absolute atomic E-state index is 14.6. The molecule has 0 aromatic heterocycles. The fourth-order valence-corrected chi connectivity index (χ4v) is 2.95. The van der Waals surface area contributed by atoms with Gasteiger partial charge in [0.1, 0.15) is 17.0 Å². The van der Waals surface area contributed by atoms with Crippen LogP contribution in [0, 0.1) is 5.82 Å². The monoisotopic (exact) mass is 379 g/mol. The fourth-order valence-electron chi connectivity index (χ4n) is 2.95. The van der Waals surface area contributed by atoms with Crippen LogP contribution in [0.2, 0.25) is 0 Å². The van der Waals surface area contributed by atoms with Crippen molar-refractivity contribution in [2.75, 3.05) is 4.90 Å². The molecule has 0 bridgehead atoms. The first-order chi connectivity index (χ1) is 12.3. The van der Waals surface area contributed by atoms with Gasteiger partial charge in [-0.2, -0.15) is 4.90 Å². The molecule has 27 heavy (non-hydrogen) atoms. The predicted octanol–water partition coefficient (Wildman–Crippen LogP) is 4.80. The number of anilines is 1. The van der Waals surface area contributed by atoms with Gasteiger partial charge in [-0.3, -0.25) is 4.79 Å². The number of ether oxygens (including phenoxy) is 2. The van der Waals surface area contributed by atoms with E-state index >= 15 is 0 Å². The first-order valence-electron chi connectivity index (χ1n) is 8.89. The fraction of sp³-hybridized carbons (Fsp3) is 0.550. The lowest BCUT2D eigenvalue weighted by atomic mass is 10.0. The van der Waals surface area contributed by atoms with Crippen LogP contribution >= 0.6 is 0 Å². The number of carbonyl (C=O) groups is 3. The Hall–Kier alpha value is -2.44. The van der Waals surface area contributed by atoms with Crippen LogP contribution in [-0.2, 0) is 22.3 Å². The second kappa shape index (κ2) is 7.29. The van der Waals surface area contributed by atoms with Crippen molar-refractivity contribution in [3.8, 4) is 0 Å². The molecule has 0 heterocycles. The minimum absolute atomic E-state index is 0.112. The molecule has 0 aliphatic heterocycles. The van der Waals surface area contributed by atoms with Gasteiger partial charge in [0.2, 0.25) is 0 Å². The molecule has 0 unspecified atom stereocenters. The third kappa shape index (κ3) is 4.84. The number of halogens is 1. The van der Waals surface area contributed by atoms with Gasteiger partial charge >= 0.3 is 12.2 Å². The summed E-state index contributed by atoms with van der Waals surface area (Å²) in [4.78, 5) is 37.8. The highest BCUT2D eigenvalue weighted by Gasteiger charge is 2.36. The molecule has 2 amide bonds. The van der Waals surface area contributed by atoms with Gasteiger partial charge < -0.3 is 9.47 Å². The van der Waals surface area contributed by atoms with Gasteiger partial charge in [0.15, 0.2) is 6.29 Å². The molecular formula is C20H26FNO5. The van der Waals surface area contributed by atoms with E-state index in [4.69, 9.17) is 9.47 Å². The minimum atomic E-state index is -1.03. The van der Waals surface area contributed by atoms with Crippen molar-refractivity contribution in [1.29, 1.82) is 0 Å². The van der Waals surface area contributed by atoms with E-state index in [1.807, 2.05) is 0 Å². The Morgan fingerprint density at radius 2 is 1.48 bits per heavy atom. The van der Waals surface area contributed by atoms with Crippen LogP contribution in [0.1, 0.15) is 69.4 Å². The summed E-state index contributed by atoms with van der Waals surface area (Å²) in [5.74, 6) is -0.555. The van der Waals surface area contributed by atoms with Crippen molar-refractivity contribution in [1.82, 2.24) is 0 Å². The summed E-state index contributed by atoms with van der Waals surface area (Å²) in [6.45, 7) is 9.85. The van der Waals surface area contributed by atoms with Crippen LogP contribution in [0.5, 0.6) is 0 Å². The number of rotatable bonds is 2. The van der Waals surface area contributed by atoms with Crippen LogP contribution < -0.4 is 4.90 Å². The summed E-state index contributed by atoms with van der Waals surface area (Å²) in [7, 11) is 0. The maximum atomic E-state index is 14.6. The Balaban J connectivity index is 2.60. The van der Waals surface area contributed by atoms with Gasteiger partial charge in [-0.25, -0.2) is 14.0 Å². The third-order valence-corrected chi connectivity index (χ3v) is 3.88. The molecule has 0 saturated heterocycles. The molecule has 1 aromatic carbocycles. The first-order valence-corrected chi connectivity index (χ1v) is 8.89. The highest BCUT2D eigenvalue weighted by molar-refractivity contribution is 6.12. The van der Waals surface area contributed by atoms with Crippen LogP contribution in [-0.4, -0.2) is 29.7 Å². The molecule has 0 spiro atoms. The number of amides is 2. The summed E-state index contributed by atoms with van der Waals surface area (Å²) < 4.78 is 25.2. The van der Waals surface area contributed by atoms with Crippen LogP contribution in [0.4, 0.5) is 19.7 Å². The summed E-state index contributed by atoms with van der Waals surface area (Å²) in [6.07, 6.45) is 0.205. The van der Waals surface area contributed by atoms with E-state index in [1.54, 1.807) is 41.5 Å². The molecule has 0 fully saturated rings. The average molecular weight is 379 g/mol. The van der Waals surface area contributed by atoms with Gasteiger partial charge in [0.05, 0.1) is 5.69 Å². The Labute approximate surface area is 158 Å². The molecule has 148 valence electrons. The van der Waals surface area contributed by atoms with Crippen molar-refractivity contribution in [2.24, 2.45) is 0 Å². The highest BCUT2D eigenvalue weighted by atomic mass is 19.1. The van der Waals surface area contributed by atoms with Crippen molar-refractivity contribution in [3.63, 3.8) is 0 Å². The molecule has 0 radical (unpaired) electrons. The normalized spacial score (nSPS) is 13.7. The summed E-state index contributed by atoms with van der Waals surface area (Å²) in [5.41, 5.74) is -0.861. The van der Waals surface area contributed by atoms with Gasteiger partial charge in [-0.05, 0) is 78.0 Å². The second-order valence-electron chi connectivity index (χ2n) is 8.52. The molecule has 7 heteroatoms. The van der Waals surface area contributed by atoms with E-state index in [9.17, 15) is 18.8 Å². The van der Waals surface area contributed by atoms with E-state index < -0.39 is 29.2 Å². The molecule has 6 nitrogen and oxygen atoms in total. The molecule has 0 atom stereocenters. The number of aldehydes is 1. The average Bonchev–Trinajstić information content (AvgIpc) is 2.93. The van der Waals surface area contributed by atoms with E-state index in [0.29, 0.717) is 41.6 Å². The zero-order valence-electron chi connectivity index (χ0n) is 16.6. The summed E-state index contributed by atoms with van der Waals surface area (Å²) >= 11 is 0. The van der Waals surface area contributed by atoms with Gasteiger partial charge in [-0.1, -0.05) is 0 Å². The quantitative estimate of drug-likeness (QED) is 0.690.